The van der Waals surface area contributed by atoms with Crippen LogP contribution in [0, 0.1) is 11.6 Å². The van der Waals surface area contributed by atoms with Crippen LogP contribution < -0.4 is 11.1 Å². The third kappa shape index (κ3) is 5.58. The first-order valence-electron chi connectivity index (χ1n) is 11.0. The molecule has 1 aliphatic rings. The molecule has 0 aliphatic carbocycles. The van der Waals surface area contributed by atoms with E-state index < -0.39 is 35.5 Å². The number of nitrogens with one attached hydrogen (secondary N) is 1. The van der Waals surface area contributed by atoms with Crippen LogP contribution in [0.15, 0.2) is 65.4 Å². The molecule has 1 saturated heterocycles. The van der Waals surface area contributed by atoms with Gasteiger partial charge in [0.2, 0.25) is 0 Å². The van der Waals surface area contributed by atoms with Crippen molar-refractivity contribution in [3.05, 3.63) is 99.3 Å². The Morgan fingerprint density at radius 3 is 2.22 bits per heavy atom. The third-order valence-electron chi connectivity index (χ3n) is 5.68. The fourth-order valence-corrected chi connectivity index (χ4v) is 4.39. The molecule has 2 heterocycles. The van der Waals surface area contributed by atoms with Crippen molar-refractivity contribution in [2.24, 2.45) is 5.73 Å². The number of nitrogens with zero attached hydrogens (tertiary/aromatic N) is 3. The van der Waals surface area contributed by atoms with Gasteiger partial charge in [0, 0.05) is 54.7 Å². The molecule has 4 rings (SSSR count). The standard InChI is InChI=1S/C25H22BrF2N5O3/c26-19-7-18(13-30-14-19)25(36)33-5-4-32(24(35)17-8-20(27)10-21(28)9-17)23(33)22(34)31-12-16-3-1-2-15(6-16)11-29/h1-3,6-10,13-14,23H,4-5,11-12,29H2,(H,31,34). The summed E-state index contributed by atoms with van der Waals surface area (Å²) in [5, 5.41) is 2.76. The number of carbonyl (C=O) groups excluding carboxylic acids is 3. The number of hydrogen-bond donors (Lipinski definition) is 2. The topological polar surface area (TPSA) is 109 Å². The molecule has 2 aromatic carbocycles. The zero-order valence-corrected chi connectivity index (χ0v) is 20.5. The van der Waals surface area contributed by atoms with Gasteiger partial charge < -0.3 is 20.9 Å². The lowest BCUT2D eigenvalue weighted by atomic mass is 10.1. The minimum Gasteiger partial charge on any atom is -0.349 e. The molecule has 0 bridgehead atoms. The van der Waals surface area contributed by atoms with Gasteiger partial charge in [0.05, 0.1) is 5.56 Å². The summed E-state index contributed by atoms with van der Waals surface area (Å²) in [5.74, 6) is -3.76. The number of pyridine rings is 1. The number of hydrogen-bond acceptors (Lipinski definition) is 5. The van der Waals surface area contributed by atoms with Crippen LogP contribution in [0.1, 0.15) is 31.8 Å². The first kappa shape index (κ1) is 25.4. The molecule has 0 radical (unpaired) electrons. The molecule has 3 amide bonds. The van der Waals surface area contributed by atoms with E-state index in [1.54, 1.807) is 6.07 Å². The lowest BCUT2D eigenvalue weighted by Crippen LogP contribution is -2.53. The highest BCUT2D eigenvalue weighted by Gasteiger charge is 2.43. The molecule has 0 saturated carbocycles. The smallest absolute Gasteiger partial charge is 0.264 e. The lowest BCUT2D eigenvalue weighted by Gasteiger charge is -2.29. The molecule has 0 spiro atoms. The summed E-state index contributed by atoms with van der Waals surface area (Å²) in [6.45, 7) is 0.487. The fraction of sp³-hybridized carbons (Fsp3) is 0.200. The number of carbonyl (C=O) groups is 3. The van der Waals surface area contributed by atoms with Gasteiger partial charge in [-0.2, -0.15) is 0 Å². The summed E-state index contributed by atoms with van der Waals surface area (Å²) in [4.78, 5) is 46.2. The SMILES string of the molecule is NCc1cccc(CNC(=O)C2N(C(=O)c3cc(F)cc(F)c3)CCN2C(=O)c2cncc(Br)c2)c1. The molecule has 8 nitrogen and oxygen atoms in total. The average molecular weight is 558 g/mol. The molecule has 3 aromatic rings. The number of benzene rings is 2. The predicted molar refractivity (Wildman–Crippen MR) is 130 cm³/mol. The quantitative estimate of drug-likeness (QED) is 0.484. The highest BCUT2D eigenvalue weighted by Crippen LogP contribution is 2.23. The van der Waals surface area contributed by atoms with Crippen LogP contribution in [-0.4, -0.2) is 51.8 Å². The number of rotatable bonds is 6. The molecule has 1 unspecified atom stereocenters. The van der Waals surface area contributed by atoms with Crippen LogP contribution in [0.4, 0.5) is 8.78 Å². The summed E-state index contributed by atoms with van der Waals surface area (Å²) in [7, 11) is 0. The van der Waals surface area contributed by atoms with Gasteiger partial charge in [-0.1, -0.05) is 24.3 Å². The first-order valence-corrected chi connectivity index (χ1v) is 11.8. The normalized spacial score (nSPS) is 15.2. The number of nitrogens with two attached hydrogens (primary N) is 1. The van der Waals surface area contributed by atoms with Crippen LogP contribution in [0.2, 0.25) is 0 Å². The highest BCUT2D eigenvalue weighted by molar-refractivity contribution is 9.10. The van der Waals surface area contributed by atoms with Crippen molar-refractivity contribution in [3.63, 3.8) is 0 Å². The van der Waals surface area contributed by atoms with Crippen molar-refractivity contribution < 1.29 is 23.2 Å². The van der Waals surface area contributed by atoms with Crippen molar-refractivity contribution in [3.8, 4) is 0 Å². The van der Waals surface area contributed by atoms with Crippen molar-refractivity contribution >= 4 is 33.7 Å². The van der Waals surface area contributed by atoms with E-state index in [-0.39, 0.29) is 30.8 Å². The maximum Gasteiger partial charge on any atom is 0.264 e. The van der Waals surface area contributed by atoms with Crippen LogP contribution in [-0.2, 0) is 17.9 Å². The second-order valence-corrected chi connectivity index (χ2v) is 9.08. The molecule has 1 fully saturated rings. The summed E-state index contributed by atoms with van der Waals surface area (Å²) >= 11 is 3.27. The Morgan fingerprint density at radius 2 is 1.58 bits per heavy atom. The van der Waals surface area contributed by atoms with E-state index in [0.29, 0.717) is 17.1 Å². The van der Waals surface area contributed by atoms with E-state index in [0.717, 1.165) is 28.2 Å². The van der Waals surface area contributed by atoms with E-state index in [1.165, 1.54) is 17.3 Å². The number of amides is 3. The Balaban J connectivity index is 1.63. The minimum atomic E-state index is -1.34. The molecule has 36 heavy (non-hydrogen) atoms. The van der Waals surface area contributed by atoms with Crippen molar-refractivity contribution in [1.82, 2.24) is 20.1 Å². The summed E-state index contributed by atoms with van der Waals surface area (Å²) in [6, 6.07) is 11.3. The molecule has 3 N–H and O–H groups in total. The third-order valence-corrected chi connectivity index (χ3v) is 6.12. The van der Waals surface area contributed by atoms with Gasteiger partial charge in [0.15, 0.2) is 6.17 Å². The van der Waals surface area contributed by atoms with E-state index in [9.17, 15) is 23.2 Å². The van der Waals surface area contributed by atoms with Gasteiger partial charge in [-0.3, -0.25) is 19.4 Å². The molecule has 1 aliphatic heterocycles. The van der Waals surface area contributed by atoms with E-state index in [1.807, 2.05) is 24.3 Å². The molecular formula is C25H22BrF2N5O3. The first-order chi connectivity index (χ1) is 17.3. The molecule has 186 valence electrons. The van der Waals surface area contributed by atoms with Gasteiger partial charge in [-0.25, -0.2) is 8.78 Å². The van der Waals surface area contributed by atoms with Gasteiger partial charge in [0.25, 0.3) is 17.7 Å². The summed E-state index contributed by atoms with van der Waals surface area (Å²) < 4.78 is 28.1. The maximum atomic E-state index is 13.8. The fourth-order valence-electron chi connectivity index (χ4n) is 4.02. The van der Waals surface area contributed by atoms with E-state index >= 15 is 0 Å². The Kier molecular flexibility index (Phi) is 7.70. The highest BCUT2D eigenvalue weighted by atomic mass is 79.9. The van der Waals surface area contributed by atoms with Crippen molar-refractivity contribution in [2.45, 2.75) is 19.3 Å². The van der Waals surface area contributed by atoms with Gasteiger partial charge in [-0.15, -0.1) is 0 Å². The lowest BCUT2D eigenvalue weighted by molar-refractivity contribution is -0.128. The van der Waals surface area contributed by atoms with Crippen LogP contribution >= 0.6 is 15.9 Å². The van der Waals surface area contributed by atoms with Gasteiger partial charge in [0.1, 0.15) is 11.6 Å². The second-order valence-electron chi connectivity index (χ2n) is 8.16. The van der Waals surface area contributed by atoms with E-state index in [2.05, 4.69) is 26.2 Å². The largest absolute Gasteiger partial charge is 0.349 e. The Morgan fingerprint density at radius 1 is 0.944 bits per heavy atom. The molecule has 11 heteroatoms. The minimum absolute atomic E-state index is 0.00904. The monoisotopic (exact) mass is 557 g/mol. The summed E-state index contributed by atoms with van der Waals surface area (Å²) in [6.07, 6.45) is 1.52. The van der Waals surface area contributed by atoms with Crippen LogP contribution in [0.3, 0.4) is 0 Å². The maximum absolute atomic E-state index is 13.8. The van der Waals surface area contributed by atoms with Crippen LogP contribution in [0.5, 0.6) is 0 Å². The number of halogens is 3. The average Bonchev–Trinajstić information content (AvgIpc) is 3.31. The predicted octanol–water partition coefficient (Wildman–Crippen LogP) is 2.82. The van der Waals surface area contributed by atoms with E-state index in [4.69, 9.17) is 5.73 Å². The molecular weight excluding hydrogens is 536 g/mol. The van der Waals surface area contributed by atoms with Crippen molar-refractivity contribution in [1.29, 1.82) is 0 Å². The zero-order valence-electron chi connectivity index (χ0n) is 19.0. The molecule has 1 aromatic heterocycles. The zero-order chi connectivity index (χ0) is 25.8. The Labute approximate surface area is 214 Å². The number of aromatic nitrogens is 1. The van der Waals surface area contributed by atoms with Gasteiger partial charge >= 0.3 is 0 Å². The molecule has 1 atom stereocenters. The second kappa shape index (κ2) is 10.9. The Hall–Kier alpha value is -3.70. The van der Waals surface area contributed by atoms with Crippen LogP contribution in [0.25, 0.3) is 0 Å². The van der Waals surface area contributed by atoms with Gasteiger partial charge in [-0.05, 0) is 45.3 Å². The van der Waals surface area contributed by atoms with Crippen molar-refractivity contribution in [2.75, 3.05) is 13.1 Å². The Bertz CT molecular complexity index is 1300. The summed E-state index contributed by atoms with van der Waals surface area (Å²) in [5.41, 5.74) is 7.29.